The summed E-state index contributed by atoms with van der Waals surface area (Å²) < 4.78 is 31.7. The predicted molar refractivity (Wildman–Crippen MR) is 66.9 cm³/mol. The van der Waals surface area contributed by atoms with E-state index in [1.165, 1.54) is 6.92 Å². The number of primary amides is 1. The predicted octanol–water partition coefficient (Wildman–Crippen LogP) is 0.556. The van der Waals surface area contributed by atoms with Gasteiger partial charge in [0.15, 0.2) is 0 Å². The van der Waals surface area contributed by atoms with E-state index in [0.717, 1.165) is 0 Å². The minimum Gasteiger partial charge on any atom is -0.475 e. The third kappa shape index (κ3) is 5.79. The van der Waals surface area contributed by atoms with Gasteiger partial charge in [0.25, 0.3) is 0 Å². The number of aliphatic hydroxyl groups excluding tert-OH is 1. The van der Waals surface area contributed by atoms with Crippen LogP contribution in [0.25, 0.3) is 0 Å². The van der Waals surface area contributed by atoms with E-state index in [1.54, 1.807) is 24.3 Å². The molecule has 0 aliphatic carbocycles. The molecule has 0 fully saturated rings. The molecule has 6 N–H and O–H groups in total. The Labute approximate surface area is 118 Å². The molecule has 2 unspecified atom stereocenters. The summed E-state index contributed by atoms with van der Waals surface area (Å²) in [4.78, 5) is 19.9. The van der Waals surface area contributed by atoms with Crippen LogP contribution in [0.5, 0.6) is 0 Å². The number of rotatable bonds is 3. The lowest BCUT2D eigenvalue weighted by Crippen LogP contribution is -2.53. The average molecular weight is 308 g/mol. The highest BCUT2D eigenvalue weighted by Gasteiger charge is 2.38. The molecule has 0 heterocycles. The van der Waals surface area contributed by atoms with E-state index < -0.39 is 29.7 Å². The minimum absolute atomic E-state index is 0.580. The molecule has 21 heavy (non-hydrogen) atoms. The molecule has 0 aliphatic heterocycles. The van der Waals surface area contributed by atoms with Crippen molar-refractivity contribution in [1.29, 1.82) is 0 Å². The maximum atomic E-state index is 11.0. The van der Waals surface area contributed by atoms with Crippen LogP contribution in [-0.4, -0.2) is 33.8 Å². The molecule has 1 aromatic rings. The van der Waals surface area contributed by atoms with Crippen molar-refractivity contribution in [1.82, 2.24) is 0 Å². The second-order valence-corrected chi connectivity index (χ2v) is 4.26. The van der Waals surface area contributed by atoms with Gasteiger partial charge in [-0.25, -0.2) is 4.79 Å². The monoisotopic (exact) mass is 308 g/mol. The number of carbonyl (C=O) groups is 2. The standard InChI is InChI=1S/C10H14N2O2.C2HF3O2/c1-10(12,9(11)14)8(13)7-5-3-2-4-6-7;3-2(4,5)1(6)7/h2-6,8,13H,12H2,1H3,(H2,11,14);(H,6,7). The number of carboxylic acids is 1. The molecule has 0 saturated heterocycles. The number of hydrogen-bond donors (Lipinski definition) is 4. The van der Waals surface area contributed by atoms with Gasteiger partial charge in [-0.05, 0) is 12.5 Å². The Kier molecular flexibility index (Phi) is 6.33. The first kappa shape index (κ1) is 18.9. The topological polar surface area (TPSA) is 127 Å². The van der Waals surface area contributed by atoms with Crippen LogP contribution in [0.1, 0.15) is 18.6 Å². The number of carboxylic acid groups (broad SMARTS) is 1. The van der Waals surface area contributed by atoms with Crippen LogP contribution in [0.3, 0.4) is 0 Å². The summed E-state index contributed by atoms with van der Waals surface area (Å²) in [6.45, 7) is 1.41. The summed E-state index contributed by atoms with van der Waals surface area (Å²) in [6.07, 6.45) is -6.17. The average Bonchev–Trinajstić information content (AvgIpc) is 2.38. The van der Waals surface area contributed by atoms with Gasteiger partial charge in [-0.15, -0.1) is 0 Å². The largest absolute Gasteiger partial charge is 0.490 e. The van der Waals surface area contributed by atoms with E-state index in [9.17, 15) is 23.1 Å². The molecule has 9 heteroatoms. The molecule has 0 aliphatic rings. The maximum absolute atomic E-state index is 11.0. The zero-order valence-corrected chi connectivity index (χ0v) is 11.0. The van der Waals surface area contributed by atoms with E-state index in [1.807, 2.05) is 6.07 Å². The molecule has 1 amide bonds. The van der Waals surface area contributed by atoms with Gasteiger partial charge >= 0.3 is 12.1 Å². The zero-order chi connectivity index (χ0) is 16.8. The molecule has 118 valence electrons. The molecule has 2 atom stereocenters. The number of aliphatic carboxylic acids is 1. The Hall–Kier alpha value is -2.13. The van der Waals surface area contributed by atoms with Crippen LogP contribution in [0, 0.1) is 0 Å². The third-order valence-corrected chi connectivity index (χ3v) is 2.46. The fourth-order valence-electron chi connectivity index (χ4n) is 1.12. The highest BCUT2D eigenvalue weighted by atomic mass is 19.4. The lowest BCUT2D eigenvalue weighted by Gasteiger charge is -2.27. The van der Waals surface area contributed by atoms with Crippen LogP contribution in [0.4, 0.5) is 13.2 Å². The molecular formula is C12H15F3N2O4. The minimum atomic E-state index is -5.08. The first-order chi connectivity index (χ1) is 9.40. The van der Waals surface area contributed by atoms with Crippen LogP contribution in [0.2, 0.25) is 0 Å². The summed E-state index contributed by atoms with van der Waals surface area (Å²) in [5, 5.41) is 16.9. The molecule has 1 rings (SSSR count). The van der Waals surface area contributed by atoms with Gasteiger partial charge in [-0.1, -0.05) is 30.3 Å². The van der Waals surface area contributed by atoms with Gasteiger partial charge in [0, 0.05) is 0 Å². The van der Waals surface area contributed by atoms with Crippen LogP contribution in [-0.2, 0) is 9.59 Å². The molecule has 0 aromatic heterocycles. The fraction of sp³-hybridized carbons (Fsp3) is 0.333. The van der Waals surface area contributed by atoms with Crippen LogP contribution < -0.4 is 11.5 Å². The Morgan fingerprint density at radius 1 is 1.19 bits per heavy atom. The van der Waals surface area contributed by atoms with Crippen molar-refractivity contribution >= 4 is 11.9 Å². The Balaban J connectivity index is 0.000000486. The highest BCUT2D eigenvalue weighted by Crippen LogP contribution is 2.22. The van der Waals surface area contributed by atoms with Gasteiger partial charge in [-0.3, -0.25) is 4.79 Å². The van der Waals surface area contributed by atoms with Crippen LogP contribution >= 0.6 is 0 Å². The number of nitrogens with two attached hydrogens (primary N) is 2. The van der Waals surface area contributed by atoms with Crippen molar-refractivity contribution in [3.8, 4) is 0 Å². The SMILES string of the molecule is CC(N)(C(N)=O)C(O)c1ccccc1.O=C(O)C(F)(F)F. The summed E-state index contributed by atoms with van der Waals surface area (Å²) in [5.74, 6) is -3.48. The summed E-state index contributed by atoms with van der Waals surface area (Å²) in [6, 6.07) is 8.72. The van der Waals surface area contributed by atoms with Gasteiger partial charge in [0.05, 0.1) is 0 Å². The normalized spacial score (nSPS) is 15.1. The fourth-order valence-corrected chi connectivity index (χ4v) is 1.12. The van der Waals surface area contributed by atoms with Crippen molar-refractivity contribution < 1.29 is 33.0 Å². The van der Waals surface area contributed by atoms with E-state index in [0.29, 0.717) is 5.56 Å². The number of halogens is 3. The second-order valence-electron chi connectivity index (χ2n) is 4.26. The third-order valence-electron chi connectivity index (χ3n) is 2.46. The van der Waals surface area contributed by atoms with Crippen molar-refractivity contribution in [3.05, 3.63) is 35.9 Å². The molecule has 6 nitrogen and oxygen atoms in total. The lowest BCUT2D eigenvalue weighted by atomic mass is 9.90. The van der Waals surface area contributed by atoms with Crippen molar-refractivity contribution in [3.63, 3.8) is 0 Å². The van der Waals surface area contributed by atoms with Crippen LogP contribution in [0.15, 0.2) is 30.3 Å². The van der Waals surface area contributed by atoms with Crippen molar-refractivity contribution in [2.45, 2.75) is 24.7 Å². The Bertz CT molecular complexity index is 489. The van der Waals surface area contributed by atoms with E-state index in [2.05, 4.69) is 0 Å². The highest BCUT2D eigenvalue weighted by molar-refractivity contribution is 5.84. The van der Waals surface area contributed by atoms with Crippen molar-refractivity contribution in [2.75, 3.05) is 0 Å². The smallest absolute Gasteiger partial charge is 0.475 e. The van der Waals surface area contributed by atoms with Crippen molar-refractivity contribution in [2.24, 2.45) is 11.5 Å². The van der Waals surface area contributed by atoms with E-state index >= 15 is 0 Å². The Morgan fingerprint density at radius 3 is 1.86 bits per heavy atom. The molecule has 0 spiro atoms. The molecule has 0 saturated carbocycles. The second kappa shape index (κ2) is 7.04. The first-order valence-electron chi connectivity index (χ1n) is 5.52. The Morgan fingerprint density at radius 2 is 1.57 bits per heavy atom. The molecular weight excluding hydrogens is 293 g/mol. The number of benzene rings is 1. The maximum Gasteiger partial charge on any atom is 0.490 e. The summed E-state index contributed by atoms with van der Waals surface area (Å²) in [5.41, 5.74) is 9.83. The number of amides is 1. The van der Waals surface area contributed by atoms with Gasteiger partial charge in [-0.2, -0.15) is 13.2 Å². The number of alkyl halides is 3. The molecule has 1 aromatic carbocycles. The van der Waals surface area contributed by atoms with Gasteiger partial charge < -0.3 is 21.7 Å². The molecule has 0 bridgehead atoms. The number of hydrogen-bond acceptors (Lipinski definition) is 4. The van der Waals surface area contributed by atoms with Gasteiger partial charge in [0.2, 0.25) is 5.91 Å². The lowest BCUT2D eigenvalue weighted by molar-refractivity contribution is -0.192. The van der Waals surface area contributed by atoms with E-state index in [-0.39, 0.29) is 0 Å². The zero-order valence-electron chi connectivity index (χ0n) is 11.0. The summed E-state index contributed by atoms with van der Waals surface area (Å²) in [7, 11) is 0. The van der Waals surface area contributed by atoms with Gasteiger partial charge in [0.1, 0.15) is 11.6 Å². The first-order valence-corrected chi connectivity index (χ1v) is 5.52. The number of carbonyl (C=O) groups excluding carboxylic acids is 1. The number of aliphatic hydroxyl groups is 1. The molecule has 0 radical (unpaired) electrons. The summed E-state index contributed by atoms with van der Waals surface area (Å²) >= 11 is 0. The van der Waals surface area contributed by atoms with E-state index in [4.69, 9.17) is 21.4 Å². The quantitative estimate of drug-likeness (QED) is 0.649.